The Morgan fingerprint density at radius 3 is 2.94 bits per heavy atom. The van der Waals surface area contributed by atoms with Crippen molar-refractivity contribution in [3.63, 3.8) is 0 Å². The Morgan fingerprint density at radius 1 is 1.47 bits per heavy atom. The van der Waals surface area contributed by atoms with Gasteiger partial charge < -0.3 is 0 Å². The Bertz CT molecular complexity index is 351. The van der Waals surface area contributed by atoms with E-state index in [1.54, 1.807) is 11.3 Å². The van der Waals surface area contributed by atoms with Crippen LogP contribution in [0, 0.1) is 11.8 Å². The monoisotopic (exact) mass is 272 g/mol. The molecule has 0 N–H and O–H groups in total. The normalized spacial score (nSPS) is 22.9. The van der Waals surface area contributed by atoms with Crippen molar-refractivity contribution in [1.82, 2.24) is 9.88 Å². The predicted molar refractivity (Wildman–Crippen MR) is 74.6 cm³/mol. The second kappa shape index (κ2) is 6.17. The van der Waals surface area contributed by atoms with Crippen LogP contribution in [0.5, 0.6) is 0 Å². The SMILES string of the molecule is CC(C)C1CCCN(Cc2cnc(Cl)s2)CC1. The van der Waals surface area contributed by atoms with Gasteiger partial charge in [0.25, 0.3) is 0 Å². The van der Waals surface area contributed by atoms with Crippen molar-refractivity contribution in [3.05, 3.63) is 15.5 Å². The average molecular weight is 273 g/mol. The van der Waals surface area contributed by atoms with Gasteiger partial charge in [-0.1, -0.05) is 25.4 Å². The van der Waals surface area contributed by atoms with Crippen LogP contribution in [0.25, 0.3) is 0 Å². The van der Waals surface area contributed by atoms with Gasteiger partial charge in [-0.25, -0.2) is 4.98 Å². The third-order valence-electron chi connectivity index (χ3n) is 3.71. The summed E-state index contributed by atoms with van der Waals surface area (Å²) in [6, 6.07) is 0. The minimum Gasteiger partial charge on any atom is -0.298 e. The molecule has 96 valence electrons. The molecule has 2 nitrogen and oxygen atoms in total. The molecule has 1 aromatic heterocycles. The van der Waals surface area contributed by atoms with Crippen molar-refractivity contribution in [2.24, 2.45) is 11.8 Å². The molecule has 0 spiro atoms. The van der Waals surface area contributed by atoms with Crippen molar-refractivity contribution in [2.75, 3.05) is 13.1 Å². The largest absolute Gasteiger partial charge is 0.298 e. The van der Waals surface area contributed by atoms with Gasteiger partial charge in [-0.2, -0.15) is 0 Å². The van der Waals surface area contributed by atoms with Gasteiger partial charge in [0.05, 0.1) is 0 Å². The summed E-state index contributed by atoms with van der Waals surface area (Å²) in [5.74, 6) is 1.73. The molecule has 1 aliphatic rings. The van der Waals surface area contributed by atoms with Crippen LogP contribution in [0.2, 0.25) is 4.47 Å². The van der Waals surface area contributed by atoms with Crippen LogP contribution in [0.3, 0.4) is 0 Å². The number of hydrogen-bond acceptors (Lipinski definition) is 3. The smallest absolute Gasteiger partial charge is 0.183 e. The van der Waals surface area contributed by atoms with Gasteiger partial charge in [0, 0.05) is 17.6 Å². The second-order valence-electron chi connectivity index (χ2n) is 5.29. The van der Waals surface area contributed by atoms with Crippen molar-refractivity contribution >= 4 is 22.9 Å². The first-order valence-electron chi connectivity index (χ1n) is 6.47. The Hall–Kier alpha value is -0.120. The number of halogens is 1. The Labute approximate surface area is 113 Å². The first-order chi connectivity index (χ1) is 8.15. The van der Waals surface area contributed by atoms with E-state index in [-0.39, 0.29) is 0 Å². The lowest BCUT2D eigenvalue weighted by molar-refractivity contribution is 0.266. The molecule has 1 unspecified atom stereocenters. The molecule has 0 radical (unpaired) electrons. The van der Waals surface area contributed by atoms with Crippen molar-refractivity contribution in [3.8, 4) is 0 Å². The molecule has 1 saturated heterocycles. The molecular weight excluding hydrogens is 252 g/mol. The summed E-state index contributed by atoms with van der Waals surface area (Å²) in [6.07, 6.45) is 5.97. The van der Waals surface area contributed by atoms with Crippen LogP contribution in [-0.2, 0) is 6.54 Å². The minimum absolute atomic E-state index is 0.662. The summed E-state index contributed by atoms with van der Waals surface area (Å²) in [7, 11) is 0. The Morgan fingerprint density at radius 2 is 2.29 bits per heavy atom. The van der Waals surface area contributed by atoms with E-state index in [1.807, 2.05) is 6.20 Å². The Balaban J connectivity index is 1.86. The summed E-state index contributed by atoms with van der Waals surface area (Å²) in [6.45, 7) is 8.17. The van der Waals surface area contributed by atoms with E-state index in [0.29, 0.717) is 4.47 Å². The van der Waals surface area contributed by atoms with Gasteiger partial charge in [-0.05, 0) is 44.2 Å². The van der Waals surface area contributed by atoms with E-state index >= 15 is 0 Å². The van der Waals surface area contributed by atoms with Crippen LogP contribution >= 0.6 is 22.9 Å². The number of likely N-dealkylation sites (tertiary alicyclic amines) is 1. The number of nitrogens with zero attached hydrogens (tertiary/aromatic N) is 2. The first kappa shape index (κ1) is 13.3. The highest BCUT2D eigenvalue weighted by atomic mass is 35.5. The first-order valence-corrected chi connectivity index (χ1v) is 7.67. The van der Waals surface area contributed by atoms with E-state index in [1.165, 1.54) is 37.2 Å². The van der Waals surface area contributed by atoms with Crippen molar-refractivity contribution < 1.29 is 0 Å². The molecule has 1 fully saturated rings. The highest BCUT2D eigenvalue weighted by Crippen LogP contribution is 2.26. The maximum absolute atomic E-state index is 5.86. The van der Waals surface area contributed by atoms with Crippen molar-refractivity contribution in [1.29, 1.82) is 0 Å². The van der Waals surface area contributed by atoms with Gasteiger partial charge in [0.1, 0.15) is 0 Å². The van der Waals surface area contributed by atoms with Crippen LogP contribution in [0.1, 0.15) is 38.0 Å². The van der Waals surface area contributed by atoms with E-state index in [2.05, 4.69) is 23.7 Å². The molecule has 0 aliphatic carbocycles. The molecule has 1 aromatic rings. The lowest BCUT2D eigenvalue weighted by atomic mass is 9.89. The fraction of sp³-hybridized carbons (Fsp3) is 0.769. The van der Waals surface area contributed by atoms with E-state index in [9.17, 15) is 0 Å². The molecule has 2 rings (SSSR count). The van der Waals surface area contributed by atoms with E-state index < -0.39 is 0 Å². The van der Waals surface area contributed by atoms with Gasteiger partial charge in [0.2, 0.25) is 0 Å². The highest BCUT2D eigenvalue weighted by molar-refractivity contribution is 7.15. The molecule has 17 heavy (non-hydrogen) atoms. The van der Waals surface area contributed by atoms with Gasteiger partial charge in [0.15, 0.2) is 4.47 Å². The van der Waals surface area contributed by atoms with E-state index in [4.69, 9.17) is 11.6 Å². The number of hydrogen-bond donors (Lipinski definition) is 0. The molecule has 4 heteroatoms. The third kappa shape index (κ3) is 3.94. The number of thiazole rings is 1. The summed E-state index contributed by atoms with van der Waals surface area (Å²) in [4.78, 5) is 7.94. The summed E-state index contributed by atoms with van der Waals surface area (Å²) in [5, 5.41) is 0. The summed E-state index contributed by atoms with van der Waals surface area (Å²) < 4.78 is 0.662. The topological polar surface area (TPSA) is 16.1 Å². The fourth-order valence-electron chi connectivity index (χ4n) is 2.58. The Kier molecular flexibility index (Phi) is 4.83. The quantitative estimate of drug-likeness (QED) is 0.825. The minimum atomic E-state index is 0.662. The highest BCUT2D eigenvalue weighted by Gasteiger charge is 2.19. The molecule has 0 amide bonds. The molecule has 1 aliphatic heterocycles. The zero-order chi connectivity index (χ0) is 12.3. The molecule has 2 heterocycles. The maximum Gasteiger partial charge on any atom is 0.183 e. The summed E-state index contributed by atoms with van der Waals surface area (Å²) in [5.41, 5.74) is 0. The number of aromatic nitrogens is 1. The molecule has 1 atom stereocenters. The van der Waals surface area contributed by atoms with Crippen molar-refractivity contribution in [2.45, 2.75) is 39.7 Å². The van der Waals surface area contributed by atoms with Gasteiger partial charge in [-0.15, -0.1) is 11.3 Å². The third-order valence-corrected chi connectivity index (χ3v) is 4.81. The van der Waals surface area contributed by atoms with Crippen LogP contribution in [0.15, 0.2) is 6.20 Å². The second-order valence-corrected chi connectivity index (χ2v) is 6.99. The standard InChI is InChI=1S/C13H21ClN2S/c1-10(2)11-4-3-6-16(7-5-11)9-12-8-15-13(14)17-12/h8,10-11H,3-7,9H2,1-2H3. The molecule has 0 bridgehead atoms. The van der Waals surface area contributed by atoms with Crippen LogP contribution in [0.4, 0.5) is 0 Å². The van der Waals surface area contributed by atoms with Gasteiger partial charge in [-0.3, -0.25) is 4.90 Å². The zero-order valence-electron chi connectivity index (χ0n) is 10.7. The molecule has 0 saturated carbocycles. The van der Waals surface area contributed by atoms with Gasteiger partial charge >= 0.3 is 0 Å². The molecular formula is C13H21ClN2S. The lowest BCUT2D eigenvalue weighted by Gasteiger charge is -2.20. The fourth-order valence-corrected chi connectivity index (χ4v) is 3.60. The van der Waals surface area contributed by atoms with E-state index in [0.717, 1.165) is 18.4 Å². The summed E-state index contributed by atoms with van der Waals surface area (Å²) >= 11 is 7.47. The van der Waals surface area contributed by atoms with Crippen LogP contribution < -0.4 is 0 Å². The molecule has 0 aromatic carbocycles. The zero-order valence-corrected chi connectivity index (χ0v) is 12.2. The lowest BCUT2D eigenvalue weighted by Crippen LogP contribution is -2.24. The van der Waals surface area contributed by atoms with Crippen LogP contribution in [-0.4, -0.2) is 23.0 Å². The average Bonchev–Trinajstić information content (AvgIpc) is 2.54. The number of rotatable bonds is 3. The predicted octanol–water partition coefficient (Wildman–Crippen LogP) is 4.05. The maximum atomic E-state index is 5.86.